The minimum absolute atomic E-state index is 0.0177. The minimum atomic E-state index is -0.837. The van der Waals surface area contributed by atoms with Gasteiger partial charge in [0, 0.05) is 17.7 Å². The summed E-state index contributed by atoms with van der Waals surface area (Å²) in [5.74, 6) is 4.79. The van der Waals surface area contributed by atoms with Gasteiger partial charge in [-0.15, -0.1) is 17.5 Å². The average Bonchev–Trinajstić information content (AvgIpc) is 3.26. The molecule has 6 atom stereocenters. The minimum Gasteiger partial charge on any atom is -0.480 e. The van der Waals surface area contributed by atoms with Crippen molar-refractivity contribution >= 4 is 17.6 Å². The molecule has 45 heavy (non-hydrogen) atoms. The number of hydrogen-bond acceptors (Lipinski definition) is 3. The summed E-state index contributed by atoms with van der Waals surface area (Å²) < 4.78 is 0. The highest BCUT2D eigenvalue weighted by molar-refractivity contribution is 6.21. The highest BCUT2D eigenvalue weighted by atomic mass is 35.5. The van der Waals surface area contributed by atoms with E-state index in [4.69, 9.17) is 11.6 Å². The van der Waals surface area contributed by atoms with Gasteiger partial charge in [0.25, 0.3) is 0 Å². The van der Waals surface area contributed by atoms with Crippen molar-refractivity contribution in [3.05, 3.63) is 24.3 Å². The molecule has 2 saturated carbocycles. The van der Waals surface area contributed by atoms with Crippen LogP contribution in [0, 0.1) is 35.0 Å². The van der Waals surface area contributed by atoms with Crippen molar-refractivity contribution in [3.63, 3.8) is 0 Å². The first-order valence-corrected chi connectivity index (χ1v) is 19.3. The van der Waals surface area contributed by atoms with E-state index in [1.54, 1.807) is 0 Å². The largest absolute Gasteiger partial charge is 0.480 e. The fourth-order valence-corrected chi connectivity index (χ4v) is 7.78. The maximum atomic E-state index is 11.7. The summed E-state index contributed by atoms with van der Waals surface area (Å²) in [4.78, 5) is 11.7. The fourth-order valence-electron chi connectivity index (χ4n) is 7.33. The molecule has 5 heteroatoms. The molecule has 0 aromatic rings. The highest BCUT2D eigenvalue weighted by Crippen LogP contribution is 2.48. The average molecular weight is 647 g/mol. The number of alkyl halides is 1. The Labute approximate surface area is 281 Å². The van der Waals surface area contributed by atoms with Gasteiger partial charge in [0.05, 0.1) is 12.2 Å². The molecule has 0 heterocycles. The second kappa shape index (κ2) is 23.9. The first-order chi connectivity index (χ1) is 21.8. The van der Waals surface area contributed by atoms with Crippen molar-refractivity contribution < 1.29 is 20.1 Å². The van der Waals surface area contributed by atoms with Crippen LogP contribution in [0.2, 0.25) is 0 Å². The number of allylic oxidation sites excluding steroid dienone is 2. The summed E-state index contributed by atoms with van der Waals surface area (Å²) in [6.45, 7) is 4.44. The van der Waals surface area contributed by atoms with Gasteiger partial charge in [0.2, 0.25) is 0 Å². The lowest BCUT2D eigenvalue weighted by atomic mass is 9.63. The van der Waals surface area contributed by atoms with Crippen LogP contribution in [0.25, 0.3) is 0 Å². The van der Waals surface area contributed by atoms with Gasteiger partial charge in [-0.05, 0) is 69.1 Å². The van der Waals surface area contributed by atoms with Gasteiger partial charge in [0.15, 0.2) is 0 Å². The Balaban J connectivity index is 1.58. The number of carboxylic acids is 1. The maximum absolute atomic E-state index is 11.7. The molecule has 0 spiro atoms. The van der Waals surface area contributed by atoms with Crippen LogP contribution in [0.1, 0.15) is 168 Å². The molecule has 0 radical (unpaired) electrons. The topological polar surface area (TPSA) is 77.8 Å². The standard InChI is InChI=1S/C40H67ClO4/c1-3-5-6-7-8-9-10-11-12-13-14-15-16-17-18-20-25-33(39(44)45)26-21-19-22-27-34-35(37(42)32-36(34)41)28-23-29-38(43)40(4-2)30-24-31-40/h19,22-23,28,33-38,42-43H,3-18,21,24,26-27,29-32H2,1-2H3,(H,44,45)/t33?,34-,35-,36-,37-,38+/m1/s1. The van der Waals surface area contributed by atoms with E-state index in [9.17, 15) is 20.1 Å². The van der Waals surface area contributed by atoms with Crippen LogP contribution in [0.5, 0.6) is 0 Å². The Kier molecular flexibility index (Phi) is 21.2. The van der Waals surface area contributed by atoms with E-state index in [-0.39, 0.29) is 28.7 Å². The van der Waals surface area contributed by atoms with Gasteiger partial charge in [-0.1, -0.05) is 134 Å². The number of rotatable bonds is 25. The van der Waals surface area contributed by atoms with Crippen LogP contribution in [0.4, 0.5) is 0 Å². The monoisotopic (exact) mass is 646 g/mol. The van der Waals surface area contributed by atoms with Crippen LogP contribution < -0.4 is 0 Å². The van der Waals surface area contributed by atoms with Gasteiger partial charge >= 0.3 is 5.97 Å². The summed E-state index contributed by atoms with van der Waals surface area (Å²) in [6.07, 6.45) is 34.4. The summed E-state index contributed by atoms with van der Waals surface area (Å²) in [5.41, 5.74) is 0.0833. The lowest BCUT2D eigenvalue weighted by Crippen LogP contribution is -2.40. The lowest BCUT2D eigenvalue weighted by Gasteiger charge is -2.45. The summed E-state index contributed by atoms with van der Waals surface area (Å²) in [6, 6.07) is 0. The number of aliphatic carboxylic acids is 1. The van der Waals surface area contributed by atoms with E-state index >= 15 is 0 Å². The summed E-state index contributed by atoms with van der Waals surface area (Å²) in [7, 11) is 0. The van der Waals surface area contributed by atoms with Gasteiger partial charge in [0.1, 0.15) is 5.92 Å². The zero-order chi connectivity index (χ0) is 32.8. The molecule has 2 aliphatic rings. The molecule has 0 amide bonds. The lowest BCUT2D eigenvalue weighted by molar-refractivity contribution is -0.139. The Morgan fingerprint density at radius 2 is 1.51 bits per heavy atom. The van der Waals surface area contributed by atoms with Gasteiger partial charge in [-0.3, -0.25) is 4.79 Å². The quantitative estimate of drug-likeness (QED) is 0.0399. The van der Waals surface area contributed by atoms with E-state index < -0.39 is 18.0 Å². The van der Waals surface area contributed by atoms with Gasteiger partial charge in [-0.25, -0.2) is 0 Å². The van der Waals surface area contributed by atoms with Gasteiger partial charge in [-0.2, -0.15) is 0 Å². The van der Waals surface area contributed by atoms with Crippen molar-refractivity contribution in [2.45, 2.75) is 186 Å². The summed E-state index contributed by atoms with van der Waals surface area (Å²) >= 11 is 6.63. The molecule has 0 bridgehead atoms. The Hall–Kier alpha value is -1.28. The van der Waals surface area contributed by atoms with Crippen LogP contribution in [0.3, 0.4) is 0 Å². The van der Waals surface area contributed by atoms with E-state index in [0.717, 1.165) is 38.5 Å². The number of carbonyl (C=O) groups is 1. The van der Waals surface area contributed by atoms with Crippen LogP contribution in [-0.4, -0.2) is 38.9 Å². The van der Waals surface area contributed by atoms with Crippen LogP contribution in [0.15, 0.2) is 24.3 Å². The molecule has 1 unspecified atom stereocenters. The molecule has 0 saturated heterocycles. The zero-order valence-electron chi connectivity index (χ0n) is 28.9. The smallest absolute Gasteiger partial charge is 0.318 e. The number of unbranched alkanes of at least 4 members (excludes halogenated alkanes) is 14. The van der Waals surface area contributed by atoms with Crippen molar-refractivity contribution in [2.75, 3.05) is 0 Å². The van der Waals surface area contributed by atoms with Crippen molar-refractivity contribution in [3.8, 4) is 11.8 Å². The predicted octanol–water partition coefficient (Wildman–Crippen LogP) is 10.8. The molecule has 4 nitrogen and oxygen atoms in total. The van der Waals surface area contributed by atoms with Crippen molar-refractivity contribution in [1.82, 2.24) is 0 Å². The maximum Gasteiger partial charge on any atom is 0.318 e. The Morgan fingerprint density at radius 1 is 0.911 bits per heavy atom. The predicted molar refractivity (Wildman–Crippen MR) is 190 cm³/mol. The van der Waals surface area contributed by atoms with Crippen molar-refractivity contribution in [1.29, 1.82) is 0 Å². The van der Waals surface area contributed by atoms with E-state index in [1.165, 1.54) is 89.9 Å². The highest BCUT2D eigenvalue weighted by Gasteiger charge is 2.42. The third kappa shape index (κ3) is 15.4. The molecule has 0 aromatic heterocycles. The van der Waals surface area contributed by atoms with Crippen LogP contribution in [-0.2, 0) is 4.79 Å². The van der Waals surface area contributed by atoms with E-state index in [2.05, 4.69) is 43.9 Å². The number of aliphatic hydroxyl groups excluding tert-OH is 2. The molecule has 258 valence electrons. The molecule has 0 aromatic carbocycles. The molecule has 2 aliphatic carbocycles. The van der Waals surface area contributed by atoms with Crippen LogP contribution >= 0.6 is 11.6 Å². The SMILES string of the molecule is CCCCCCCCCCCCCCCCC#CC(CCC=CC[C@@H]1[C@@H](C=CC[C@H](O)C2(CC)CCC2)[C@H](O)C[C@H]1Cl)C(=O)O. The van der Waals surface area contributed by atoms with E-state index in [1.807, 2.05) is 6.08 Å². The Morgan fingerprint density at radius 3 is 2.04 bits per heavy atom. The molecule has 3 N–H and O–H groups in total. The van der Waals surface area contributed by atoms with Gasteiger partial charge < -0.3 is 15.3 Å². The molecular formula is C40H67ClO4. The van der Waals surface area contributed by atoms with E-state index in [0.29, 0.717) is 25.7 Å². The fraction of sp³-hybridized carbons (Fsp3) is 0.825. The third-order valence-corrected chi connectivity index (χ3v) is 11.3. The third-order valence-electron chi connectivity index (χ3n) is 10.8. The molecule has 2 rings (SSSR count). The molecule has 0 aliphatic heterocycles. The summed E-state index contributed by atoms with van der Waals surface area (Å²) in [5, 5.41) is 30.9. The number of aliphatic hydroxyl groups is 2. The van der Waals surface area contributed by atoms with Crippen molar-refractivity contribution in [2.24, 2.45) is 23.2 Å². The second-order valence-corrected chi connectivity index (χ2v) is 14.7. The number of hydrogen-bond donors (Lipinski definition) is 3. The Bertz CT molecular complexity index is 892. The number of halogens is 1. The first kappa shape index (κ1) is 39.9. The first-order valence-electron chi connectivity index (χ1n) is 18.9. The number of carboxylic acid groups (broad SMARTS) is 1. The second-order valence-electron chi connectivity index (χ2n) is 14.2. The zero-order valence-corrected chi connectivity index (χ0v) is 29.6. The molecule has 2 fully saturated rings. The molecular weight excluding hydrogens is 580 g/mol. The normalized spacial score (nSPS) is 24.0.